The first-order valence-corrected chi connectivity index (χ1v) is 10.4. The fourth-order valence-corrected chi connectivity index (χ4v) is 5.17. The van der Waals surface area contributed by atoms with Crippen LogP contribution in [0.5, 0.6) is 0 Å². The molecule has 0 saturated heterocycles. The summed E-state index contributed by atoms with van der Waals surface area (Å²) in [5.74, 6) is 0. The molecule has 29 heavy (non-hydrogen) atoms. The zero-order chi connectivity index (χ0) is 21.3. The van der Waals surface area contributed by atoms with Crippen LogP contribution in [-0.4, -0.2) is 24.0 Å². The van der Waals surface area contributed by atoms with Gasteiger partial charge in [-0.2, -0.15) is 5.26 Å². The Morgan fingerprint density at radius 2 is 1.97 bits per heavy atom. The van der Waals surface area contributed by atoms with Gasteiger partial charge in [-0.05, 0) is 38.0 Å². The number of nitrogens with zero attached hydrogens (tertiary/aromatic N) is 3. The lowest BCUT2D eigenvalue weighted by Gasteiger charge is -2.17. The van der Waals surface area contributed by atoms with Crippen LogP contribution in [0, 0.1) is 35.3 Å². The molecule has 2 aromatic carbocycles. The highest BCUT2D eigenvalue weighted by Crippen LogP contribution is 2.29. The zero-order valence-electron chi connectivity index (χ0n) is 16.2. The molecule has 1 aromatic heterocycles. The highest BCUT2D eigenvalue weighted by Gasteiger charge is 2.29. The summed E-state index contributed by atoms with van der Waals surface area (Å²) < 4.78 is 30.2. The van der Waals surface area contributed by atoms with Crippen LogP contribution in [0.25, 0.3) is 10.9 Å². The predicted octanol–water partition coefficient (Wildman–Crippen LogP) is 3.41. The Hall–Kier alpha value is -3.22. The average Bonchev–Trinajstić information content (AvgIpc) is 2.98. The second-order valence-corrected chi connectivity index (χ2v) is 8.68. The molecule has 1 heterocycles. The molecule has 0 radical (unpaired) electrons. The summed E-state index contributed by atoms with van der Waals surface area (Å²) in [5.41, 5.74) is 1.80. The molecule has 1 atom stereocenters. The van der Waals surface area contributed by atoms with E-state index in [9.17, 15) is 23.8 Å². The van der Waals surface area contributed by atoms with Crippen molar-refractivity contribution in [2.45, 2.75) is 38.3 Å². The number of aryl methyl sites for hydroxylation is 2. The van der Waals surface area contributed by atoms with Crippen molar-refractivity contribution in [2.24, 2.45) is 0 Å². The standard InChI is InChI=1S/C20H20N4O4S/c1-13-8-14(2)20(19(9-13)24(25)26)29(27,28)22-15(3)11-23-12-16(10-21)17-6-4-5-7-18(17)23/h4-9,12,15,22H,11H2,1-3H3/t15-/m0/s1. The van der Waals surface area contributed by atoms with Crippen molar-refractivity contribution >= 4 is 26.6 Å². The molecule has 0 amide bonds. The smallest absolute Gasteiger partial charge is 0.289 e. The van der Waals surface area contributed by atoms with Crippen LogP contribution in [0.3, 0.4) is 0 Å². The summed E-state index contributed by atoms with van der Waals surface area (Å²) in [5, 5.41) is 21.5. The van der Waals surface area contributed by atoms with Crippen LogP contribution in [0.15, 0.2) is 47.5 Å². The molecular formula is C20H20N4O4S. The van der Waals surface area contributed by atoms with E-state index in [0.717, 1.165) is 10.9 Å². The Bertz CT molecular complexity index is 1260. The van der Waals surface area contributed by atoms with Gasteiger partial charge in [-0.1, -0.05) is 24.3 Å². The van der Waals surface area contributed by atoms with Gasteiger partial charge in [0.25, 0.3) is 5.69 Å². The number of para-hydroxylation sites is 1. The molecule has 0 fully saturated rings. The molecule has 0 aliphatic rings. The number of nitro groups is 1. The molecule has 0 aliphatic carbocycles. The van der Waals surface area contributed by atoms with Crippen molar-refractivity contribution in [3.63, 3.8) is 0 Å². The Morgan fingerprint density at radius 1 is 1.28 bits per heavy atom. The highest BCUT2D eigenvalue weighted by molar-refractivity contribution is 7.89. The molecule has 150 valence electrons. The van der Waals surface area contributed by atoms with E-state index in [4.69, 9.17) is 0 Å². The minimum Gasteiger partial charge on any atom is -0.345 e. The fourth-order valence-electron chi connectivity index (χ4n) is 3.56. The summed E-state index contributed by atoms with van der Waals surface area (Å²) in [4.78, 5) is 10.4. The molecule has 0 aliphatic heterocycles. The molecule has 8 nitrogen and oxygen atoms in total. The number of rotatable bonds is 6. The van der Waals surface area contributed by atoms with Crippen LogP contribution in [0.2, 0.25) is 0 Å². The minimum atomic E-state index is -4.12. The number of hydrogen-bond donors (Lipinski definition) is 1. The molecule has 9 heteroatoms. The molecule has 0 spiro atoms. The summed E-state index contributed by atoms with van der Waals surface area (Å²) in [6.45, 7) is 5.15. The maximum atomic E-state index is 12.9. The van der Waals surface area contributed by atoms with Gasteiger partial charge in [0.05, 0.1) is 10.5 Å². The summed E-state index contributed by atoms with van der Waals surface area (Å²) in [7, 11) is -4.12. The van der Waals surface area contributed by atoms with E-state index in [1.165, 1.54) is 13.0 Å². The maximum absolute atomic E-state index is 12.9. The van der Waals surface area contributed by atoms with Crippen molar-refractivity contribution in [1.29, 1.82) is 5.26 Å². The number of nitrogens with one attached hydrogen (secondary N) is 1. The number of aromatic nitrogens is 1. The largest absolute Gasteiger partial charge is 0.345 e. The van der Waals surface area contributed by atoms with Crippen LogP contribution in [0.4, 0.5) is 5.69 Å². The number of fused-ring (bicyclic) bond motifs is 1. The SMILES string of the molecule is Cc1cc(C)c(S(=O)(=O)N[C@@H](C)Cn2cc(C#N)c3ccccc32)c([N+](=O)[O-])c1. The van der Waals surface area contributed by atoms with Gasteiger partial charge in [0, 0.05) is 35.8 Å². The van der Waals surface area contributed by atoms with Crippen LogP contribution in [0.1, 0.15) is 23.6 Å². The third-order valence-electron chi connectivity index (χ3n) is 4.60. The minimum absolute atomic E-state index is 0.264. The van der Waals surface area contributed by atoms with Gasteiger partial charge in [0.2, 0.25) is 10.0 Å². The Labute approximate surface area is 168 Å². The monoisotopic (exact) mass is 412 g/mol. The molecule has 3 aromatic rings. The molecule has 0 unspecified atom stereocenters. The van der Waals surface area contributed by atoms with Gasteiger partial charge in [0.15, 0.2) is 4.90 Å². The maximum Gasteiger partial charge on any atom is 0.289 e. The van der Waals surface area contributed by atoms with Gasteiger partial charge in [-0.25, -0.2) is 13.1 Å². The quantitative estimate of drug-likeness (QED) is 0.492. The van der Waals surface area contributed by atoms with Crippen molar-refractivity contribution in [2.75, 3.05) is 0 Å². The number of benzene rings is 2. The Kier molecular flexibility index (Phi) is 5.42. The van der Waals surface area contributed by atoms with Gasteiger partial charge >= 0.3 is 0 Å². The number of hydrogen-bond acceptors (Lipinski definition) is 5. The van der Waals surface area contributed by atoms with Crippen molar-refractivity contribution < 1.29 is 13.3 Å². The lowest BCUT2D eigenvalue weighted by molar-refractivity contribution is -0.388. The van der Waals surface area contributed by atoms with Crippen molar-refractivity contribution in [3.8, 4) is 6.07 Å². The number of nitro benzene ring substituents is 1. The van der Waals surface area contributed by atoms with Crippen molar-refractivity contribution in [3.05, 3.63) is 69.4 Å². The highest BCUT2D eigenvalue weighted by atomic mass is 32.2. The molecule has 1 N–H and O–H groups in total. The fraction of sp³-hybridized carbons (Fsp3) is 0.250. The van der Waals surface area contributed by atoms with E-state index in [1.54, 1.807) is 30.7 Å². The van der Waals surface area contributed by atoms with Crippen LogP contribution in [-0.2, 0) is 16.6 Å². The first kappa shape index (κ1) is 20.5. The van der Waals surface area contributed by atoms with E-state index in [0.29, 0.717) is 16.7 Å². The van der Waals surface area contributed by atoms with Crippen LogP contribution < -0.4 is 4.72 Å². The van der Waals surface area contributed by atoms with Gasteiger partial charge < -0.3 is 4.57 Å². The second-order valence-electron chi connectivity index (χ2n) is 7.03. The Balaban J connectivity index is 1.93. The third-order valence-corrected chi connectivity index (χ3v) is 6.38. The average molecular weight is 412 g/mol. The van der Waals surface area contributed by atoms with Gasteiger partial charge in [-0.3, -0.25) is 10.1 Å². The zero-order valence-corrected chi connectivity index (χ0v) is 17.0. The first-order valence-electron chi connectivity index (χ1n) is 8.90. The normalized spacial score (nSPS) is 12.6. The van der Waals surface area contributed by atoms with Gasteiger partial charge in [0.1, 0.15) is 6.07 Å². The molecule has 0 saturated carbocycles. The van der Waals surface area contributed by atoms with E-state index in [1.807, 2.05) is 24.3 Å². The molecular weight excluding hydrogens is 392 g/mol. The van der Waals surface area contributed by atoms with E-state index < -0.39 is 26.7 Å². The van der Waals surface area contributed by atoms with Crippen molar-refractivity contribution in [1.82, 2.24) is 9.29 Å². The topological polar surface area (TPSA) is 118 Å². The lowest BCUT2D eigenvalue weighted by Crippen LogP contribution is -2.36. The number of sulfonamides is 1. The lowest BCUT2D eigenvalue weighted by atomic mass is 10.1. The third kappa shape index (κ3) is 3.99. The van der Waals surface area contributed by atoms with E-state index in [2.05, 4.69) is 10.8 Å². The second kappa shape index (κ2) is 7.66. The Morgan fingerprint density at radius 3 is 2.62 bits per heavy atom. The summed E-state index contributed by atoms with van der Waals surface area (Å²) in [6, 6.07) is 11.8. The molecule has 3 rings (SSSR count). The van der Waals surface area contributed by atoms with E-state index >= 15 is 0 Å². The first-order chi connectivity index (χ1) is 13.6. The molecule has 0 bridgehead atoms. The van der Waals surface area contributed by atoms with Gasteiger partial charge in [-0.15, -0.1) is 0 Å². The van der Waals surface area contributed by atoms with Crippen LogP contribution >= 0.6 is 0 Å². The predicted molar refractivity (Wildman–Crippen MR) is 109 cm³/mol. The summed E-state index contributed by atoms with van der Waals surface area (Å²) in [6.07, 6.45) is 1.68. The number of nitriles is 1. The summed E-state index contributed by atoms with van der Waals surface area (Å²) >= 11 is 0. The van der Waals surface area contributed by atoms with E-state index in [-0.39, 0.29) is 11.4 Å².